The van der Waals surface area contributed by atoms with Crippen LogP contribution in [0.25, 0.3) is 0 Å². The van der Waals surface area contributed by atoms with Crippen LogP contribution in [0, 0.1) is 5.92 Å². The van der Waals surface area contributed by atoms with E-state index in [0.29, 0.717) is 11.3 Å². The van der Waals surface area contributed by atoms with Crippen LogP contribution in [-0.4, -0.2) is 19.0 Å². The van der Waals surface area contributed by atoms with Crippen LogP contribution in [0.4, 0.5) is 5.69 Å². The van der Waals surface area contributed by atoms with Crippen molar-refractivity contribution in [3.63, 3.8) is 0 Å². The van der Waals surface area contributed by atoms with E-state index in [1.54, 1.807) is 24.3 Å². The predicted octanol–water partition coefficient (Wildman–Crippen LogP) is 4.71. The number of ether oxygens (including phenoxy) is 1. The van der Waals surface area contributed by atoms with Crippen molar-refractivity contribution in [1.82, 2.24) is 0 Å². The van der Waals surface area contributed by atoms with Crippen LogP contribution in [0.1, 0.15) is 50.9 Å². The van der Waals surface area contributed by atoms with Gasteiger partial charge in [-0.2, -0.15) is 0 Å². The van der Waals surface area contributed by atoms with Gasteiger partial charge in [0.05, 0.1) is 18.6 Å². The third kappa shape index (κ3) is 2.83. The fourth-order valence-corrected chi connectivity index (χ4v) is 4.94. The van der Waals surface area contributed by atoms with E-state index in [1.807, 2.05) is 0 Å². The van der Waals surface area contributed by atoms with Gasteiger partial charge in [-0.25, -0.2) is 4.79 Å². The Bertz CT molecular complexity index is 1060. The molecule has 29 heavy (non-hydrogen) atoms. The summed E-state index contributed by atoms with van der Waals surface area (Å²) in [6.45, 7) is 0. The molecule has 144 valence electrons. The van der Waals surface area contributed by atoms with Crippen molar-refractivity contribution >= 4 is 17.6 Å². The zero-order chi connectivity index (χ0) is 20.0. The zero-order valence-electron chi connectivity index (χ0n) is 16.1. The van der Waals surface area contributed by atoms with Crippen molar-refractivity contribution in [2.45, 2.75) is 18.3 Å². The number of amides is 1. The van der Waals surface area contributed by atoms with E-state index in [1.165, 1.54) is 29.4 Å². The number of benzene rings is 3. The summed E-state index contributed by atoms with van der Waals surface area (Å²) in [6, 6.07) is 23.8. The lowest BCUT2D eigenvalue weighted by atomic mass is 9.59. The van der Waals surface area contributed by atoms with Crippen LogP contribution in [-0.2, 0) is 9.53 Å². The van der Waals surface area contributed by atoms with Gasteiger partial charge >= 0.3 is 5.97 Å². The second kappa shape index (κ2) is 6.89. The molecule has 0 aliphatic heterocycles. The third-order valence-corrected chi connectivity index (χ3v) is 6.22. The predicted molar refractivity (Wildman–Crippen MR) is 111 cm³/mol. The minimum absolute atomic E-state index is 0.0230. The summed E-state index contributed by atoms with van der Waals surface area (Å²) in [5.74, 6) is -0.160. The molecule has 1 atom stereocenters. The molecule has 0 saturated heterocycles. The molecule has 0 heterocycles. The second-order valence-electron chi connectivity index (χ2n) is 7.69. The van der Waals surface area contributed by atoms with Gasteiger partial charge in [-0.3, -0.25) is 4.79 Å². The molecule has 0 aromatic heterocycles. The molecule has 3 aliphatic rings. The minimum Gasteiger partial charge on any atom is -0.465 e. The summed E-state index contributed by atoms with van der Waals surface area (Å²) in [7, 11) is 1.35. The standard InChI is InChI=1S/C25H21NO3/c1-29-25(28)15-10-12-16(13-11-15)26-24(27)22-14-21-17-6-2-4-8-19(17)23(22)20-9-5-3-7-18(20)21/h2-13,21-23H,14H2,1H3,(H,26,27)/t21?,22-,23?/m1/s1. The molecule has 0 radical (unpaired) electrons. The van der Waals surface area contributed by atoms with E-state index in [9.17, 15) is 9.59 Å². The Morgan fingerprint density at radius 1 is 0.828 bits per heavy atom. The molecule has 2 bridgehead atoms. The van der Waals surface area contributed by atoms with Gasteiger partial charge in [0.2, 0.25) is 5.91 Å². The van der Waals surface area contributed by atoms with Crippen LogP contribution in [0.5, 0.6) is 0 Å². The highest BCUT2D eigenvalue weighted by Crippen LogP contribution is 2.55. The molecule has 1 amide bonds. The maximum Gasteiger partial charge on any atom is 0.337 e. The van der Waals surface area contributed by atoms with Crippen LogP contribution in [0.15, 0.2) is 72.8 Å². The highest BCUT2D eigenvalue weighted by Gasteiger charge is 2.45. The van der Waals surface area contributed by atoms with Crippen molar-refractivity contribution in [2.75, 3.05) is 12.4 Å². The van der Waals surface area contributed by atoms with Crippen LogP contribution < -0.4 is 5.32 Å². The molecule has 0 fully saturated rings. The number of esters is 1. The Morgan fingerprint density at radius 3 is 1.93 bits per heavy atom. The van der Waals surface area contributed by atoms with Gasteiger partial charge < -0.3 is 10.1 Å². The van der Waals surface area contributed by atoms with E-state index in [2.05, 4.69) is 53.8 Å². The number of hydrogen-bond acceptors (Lipinski definition) is 3. The highest BCUT2D eigenvalue weighted by molar-refractivity contribution is 5.95. The van der Waals surface area contributed by atoms with Gasteiger partial charge in [-0.1, -0.05) is 48.5 Å². The molecule has 0 saturated carbocycles. The molecule has 0 spiro atoms. The quantitative estimate of drug-likeness (QED) is 0.667. The van der Waals surface area contributed by atoms with E-state index in [0.717, 1.165) is 6.42 Å². The number of anilines is 1. The van der Waals surface area contributed by atoms with E-state index >= 15 is 0 Å². The summed E-state index contributed by atoms with van der Waals surface area (Å²) in [5, 5.41) is 3.05. The number of carbonyl (C=O) groups excluding carboxylic acids is 2. The van der Waals surface area contributed by atoms with Crippen LogP contribution in [0.3, 0.4) is 0 Å². The van der Waals surface area contributed by atoms with Gasteiger partial charge in [0, 0.05) is 17.5 Å². The topological polar surface area (TPSA) is 55.4 Å². The first-order valence-corrected chi connectivity index (χ1v) is 9.84. The summed E-state index contributed by atoms with van der Waals surface area (Å²) < 4.78 is 4.73. The summed E-state index contributed by atoms with van der Waals surface area (Å²) in [4.78, 5) is 24.9. The number of methoxy groups -OCH3 is 1. The Balaban J connectivity index is 1.45. The number of fused-ring (bicyclic) bond motifs is 1. The van der Waals surface area contributed by atoms with E-state index in [-0.39, 0.29) is 29.6 Å². The molecule has 4 nitrogen and oxygen atoms in total. The normalized spacial score (nSPS) is 21.1. The number of nitrogens with one attached hydrogen (secondary N) is 1. The zero-order valence-corrected chi connectivity index (χ0v) is 16.1. The second-order valence-corrected chi connectivity index (χ2v) is 7.69. The molecule has 6 rings (SSSR count). The third-order valence-electron chi connectivity index (χ3n) is 6.22. The smallest absolute Gasteiger partial charge is 0.337 e. The molecule has 0 unspecified atom stereocenters. The summed E-state index contributed by atoms with van der Waals surface area (Å²) in [6.07, 6.45) is 0.810. The first-order chi connectivity index (χ1) is 14.2. The van der Waals surface area contributed by atoms with Gasteiger partial charge in [0.15, 0.2) is 0 Å². The average Bonchev–Trinajstić information content (AvgIpc) is 2.79. The molecule has 3 aromatic rings. The van der Waals surface area contributed by atoms with Crippen molar-refractivity contribution in [3.8, 4) is 0 Å². The summed E-state index contributed by atoms with van der Waals surface area (Å²) >= 11 is 0. The van der Waals surface area contributed by atoms with Crippen molar-refractivity contribution in [1.29, 1.82) is 0 Å². The molecular formula is C25H21NO3. The minimum atomic E-state index is -0.388. The molecule has 1 N–H and O–H groups in total. The van der Waals surface area contributed by atoms with E-state index < -0.39 is 0 Å². The molecule has 3 aliphatic carbocycles. The van der Waals surface area contributed by atoms with E-state index in [4.69, 9.17) is 4.74 Å². The molecular weight excluding hydrogens is 362 g/mol. The first-order valence-electron chi connectivity index (χ1n) is 9.84. The van der Waals surface area contributed by atoms with Crippen molar-refractivity contribution < 1.29 is 14.3 Å². The number of rotatable bonds is 3. The maximum absolute atomic E-state index is 13.2. The van der Waals surface area contributed by atoms with Crippen molar-refractivity contribution in [2.24, 2.45) is 5.92 Å². The van der Waals surface area contributed by atoms with Gasteiger partial charge in [0.1, 0.15) is 0 Å². The average molecular weight is 383 g/mol. The largest absolute Gasteiger partial charge is 0.465 e. The Hall–Kier alpha value is -3.40. The Kier molecular flexibility index (Phi) is 4.20. The lowest BCUT2D eigenvalue weighted by Crippen LogP contribution is -2.38. The van der Waals surface area contributed by atoms with Gasteiger partial charge in [-0.05, 0) is 52.9 Å². The van der Waals surface area contributed by atoms with Crippen LogP contribution in [0.2, 0.25) is 0 Å². The Morgan fingerprint density at radius 2 is 1.38 bits per heavy atom. The number of carbonyl (C=O) groups is 2. The SMILES string of the molecule is COC(=O)c1ccc(NC(=O)[C@@H]2CC3c4ccccc4C2c2ccccc23)cc1. The maximum atomic E-state index is 13.2. The van der Waals surface area contributed by atoms with Gasteiger partial charge in [-0.15, -0.1) is 0 Å². The monoisotopic (exact) mass is 383 g/mol. The van der Waals surface area contributed by atoms with Gasteiger partial charge in [0.25, 0.3) is 0 Å². The first kappa shape index (κ1) is 17.7. The lowest BCUT2D eigenvalue weighted by Gasteiger charge is -2.44. The van der Waals surface area contributed by atoms with Crippen LogP contribution >= 0.6 is 0 Å². The molecule has 4 heteroatoms. The highest BCUT2D eigenvalue weighted by atomic mass is 16.5. The van der Waals surface area contributed by atoms with Crippen molar-refractivity contribution in [3.05, 3.63) is 101 Å². The molecule has 3 aromatic carbocycles. The summed E-state index contributed by atoms with van der Waals surface area (Å²) in [5.41, 5.74) is 6.38. The fourth-order valence-electron chi connectivity index (χ4n) is 4.94. The Labute approximate surface area is 169 Å². The number of hydrogen-bond donors (Lipinski definition) is 1. The fraction of sp³-hybridized carbons (Fsp3) is 0.200. The lowest BCUT2D eigenvalue weighted by molar-refractivity contribution is -0.121.